The Morgan fingerprint density at radius 3 is 2.44 bits per heavy atom. The summed E-state index contributed by atoms with van der Waals surface area (Å²) in [6.07, 6.45) is 0. The second-order valence-corrected chi connectivity index (χ2v) is 5.45. The molecule has 0 aliphatic rings. The van der Waals surface area contributed by atoms with Crippen LogP contribution in [-0.4, -0.2) is 23.8 Å². The van der Waals surface area contributed by atoms with Crippen LogP contribution in [0.1, 0.15) is 31.1 Å². The van der Waals surface area contributed by atoms with Gasteiger partial charge in [0.15, 0.2) is 11.6 Å². The average Bonchev–Trinajstić information content (AvgIpc) is 2.20. The van der Waals surface area contributed by atoms with Crippen molar-refractivity contribution < 1.29 is 23.8 Å². The third-order valence-electron chi connectivity index (χ3n) is 1.97. The predicted molar refractivity (Wildman–Crippen MR) is 67.5 cm³/mol. The van der Waals surface area contributed by atoms with Gasteiger partial charge in [0, 0.05) is 0 Å². The van der Waals surface area contributed by atoms with Crippen molar-refractivity contribution in [3.05, 3.63) is 21.9 Å². The number of phenols is 1. The van der Waals surface area contributed by atoms with Crippen molar-refractivity contribution in [3.63, 3.8) is 0 Å². The molecule has 6 heteroatoms. The molecular weight excluding hydrogens is 307 g/mol. The maximum Gasteiger partial charge on any atom is 0.346 e. The zero-order valence-electron chi connectivity index (χ0n) is 10.5. The first-order chi connectivity index (χ1) is 8.17. The largest absolute Gasteiger partial charge is 0.506 e. The topological polar surface area (TPSA) is 55.8 Å². The van der Waals surface area contributed by atoms with Crippen LogP contribution in [0.2, 0.25) is 0 Å². The molecule has 4 nitrogen and oxygen atoms in total. The SMILES string of the molecule is COc1c(F)cc(Br)c(O)c1C(=O)OC(C)(C)C. The Kier molecular flexibility index (Phi) is 4.21. The van der Waals surface area contributed by atoms with E-state index in [1.54, 1.807) is 20.8 Å². The van der Waals surface area contributed by atoms with E-state index in [9.17, 15) is 14.3 Å². The number of hydrogen-bond donors (Lipinski definition) is 1. The number of carbonyl (C=O) groups excluding carboxylic acids is 1. The Hall–Kier alpha value is -1.30. The van der Waals surface area contributed by atoms with Crippen LogP contribution < -0.4 is 4.74 Å². The molecule has 1 N–H and O–H groups in total. The summed E-state index contributed by atoms with van der Waals surface area (Å²) in [6, 6.07) is 1.02. The smallest absolute Gasteiger partial charge is 0.346 e. The first-order valence-electron chi connectivity index (χ1n) is 5.15. The average molecular weight is 321 g/mol. The van der Waals surface area contributed by atoms with Gasteiger partial charge >= 0.3 is 5.97 Å². The van der Waals surface area contributed by atoms with Gasteiger partial charge in [-0.2, -0.15) is 0 Å². The quantitative estimate of drug-likeness (QED) is 0.850. The molecule has 0 radical (unpaired) electrons. The lowest BCUT2D eigenvalue weighted by molar-refractivity contribution is 0.00626. The number of methoxy groups -OCH3 is 1. The van der Waals surface area contributed by atoms with Gasteiger partial charge in [-0.1, -0.05) is 0 Å². The number of hydrogen-bond acceptors (Lipinski definition) is 4. The third kappa shape index (κ3) is 3.13. The Balaban J connectivity index is 3.34. The van der Waals surface area contributed by atoms with Gasteiger partial charge < -0.3 is 14.6 Å². The van der Waals surface area contributed by atoms with Gasteiger partial charge in [-0.15, -0.1) is 0 Å². The molecule has 0 amide bonds. The normalized spacial score (nSPS) is 11.2. The molecule has 0 saturated heterocycles. The van der Waals surface area contributed by atoms with Gasteiger partial charge in [0.25, 0.3) is 0 Å². The third-order valence-corrected chi connectivity index (χ3v) is 2.57. The fourth-order valence-electron chi connectivity index (χ4n) is 1.31. The van der Waals surface area contributed by atoms with Crippen LogP contribution in [0.25, 0.3) is 0 Å². The molecule has 0 bridgehead atoms. The Morgan fingerprint density at radius 2 is 2.00 bits per heavy atom. The number of aromatic hydroxyl groups is 1. The van der Waals surface area contributed by atoms with Crippen molar-refractivity contribution in [2.75, 3.05) is 7.11 Å². The highest BCUT2D eigenvalue weighted by Crippen LogP contribution is 2.38. The molecule has 0 unspecified atom stereocenters. The molecule has 18 heavy (non-hydrogen) atoms. The van der Waals surface area contributed by atoms with Gasteiger partial charge in [-0.25, -0.2) is 9.18 Å². The lowest BCUT2D eigenvalue weighted by Gasteiger charge is -2.21. The summed E-state index contributed by atoms with van der Waals surface area (Å²) in [5, 5.41) is 9.81. The van der Waals surface area contributed by atoms with Gasteiger partial charge in [-0.05, 0) is 42.8 Å². The first kappa shape index (κ1) is 14.8. The summed E-state index contributed by atoms with van der Waals surface area (Å²) in [5.41, 5.74) is -1.09. The van der Waals surface area contributed by atoms with Crippen molar-refractivity contribution in [3.8, 4) is 11.5 Å². The number of esters is 1. The van der Waals surface area contributed by atoms with E-state index in [2.05, 4.69) is 15.9 Å². The summed E-state index contributed by atoms with van der Waals surface area (Å²) < 4.78 is 23.5. The highest BCUT2D eigenvalue weighted by atomic mass is 79.9. The lowest BCUT2D eigenvalue weighted by atomic mass is 10.1. The van der Waals surface area contributed by atoms with Crippen LogP contribution in [0.15, 0.2) is 10.5 Å². The number of ether oxygens (including phenoxy) is 2. The molecule has 1 aromatic rings. The second kappa shape index (κ2) is 5.14. The zero-order valence-corrected chi connectivity index (χ0v) is 12.1. The van der Waals surface area contributed by atoms with E-state index < -0.39 is 23.1 Å². The highest BCUT2D eigenvalue weighted by molar-refractivity contribution is 9.10. The minimum Gasteiger partial charge on any atom is -0.506 e. The number of phenolic OH excluding ortho intramolecular Hbond substituents is 1. The van der Waals surface area contributed by atoms with E-state index in [1.165, 1.54) is 7.11 Å². The zero-order chi connectivity index (χ0) is 14.1. The summed E-state index contributed by atoms with van der Waals surface area (Å²) in [7, 11) is 1.21. The van der Waals surface area contributed by atoms with E-state index in [1.807, 2.05) is 0 Å². The van der Waals surface area contributed by atoms with Crippen molar-refractivity contribution in [1.82, 2.24) is 0 Å². The number of rotatable bonds is 2. The lowest BCUT2D eigenvalue weighted by Crippen LogP contribution is -2.24. The van der Waals surface area contributed by atoms with Crippen LogP contribution in [0.3, 0.4) is 0 Å². The summed E-state index contributed by atoms with van der Waals surface area (Å²) in [6.45, 7) is 5.01. The molecule has 0 fully saturated rings. The number of carbonyl (C=O) groups is 1. The van der Waals surface area contributed by atoms with Crippen LogP contribution in [0, 0.1) is 5.82 Å². The predicted octanol–water partition coefficient (Wildman–Crippen LogP) is 3.26. The molecule has 0 aromatic heterocycles. The van der Waals surface area contributed by atoms with Gasteiger partial charge in [-0.3, -0.25) is 0 Å². The molecule has 0 aliphatic carbocycles. The fourth-order valence-corrected chi connectivity index (χ4v) is 1.71. The molecular formula is C12H14BrFO4. The number of halogens is 2. The van der Waals surface area contributed by atoms with Crippen LogP contribution in [0.5, 0.6) is 11.5 Å². The summed E-state index contributed by atoms with van der Waals surface area (Å²) in [5.74, 6) is -2.37. The van der Waals surface area contributed by atoms with E-state index in [-0.39, 0.29) is 15.8 Å². The molecule has 0 saturated carbocycles. The second-order valence-electron chi connectivity index (χ2n) is 4.60. The monoisotopic (exact) mass is 320 g/mol. The van der Waals surface area contributed by atoms with Gasteiger partial charge in [0.05, 0.1) is 11.6 Å². The Labute approximate surface area is 113 Å². The molecule has 1 rings (SSSR count). The van der Waals surface area contributed by atoms with Gasteiger partial charge in [0.2, 0.25) is 0 Å². The first-order valence-corrected chi connectivity index (χ1v) is 5.95. The maximum absolute atomic E-state index is 13.6. The van der Waals surface area contributed by atoms with Crippen molar-refractivity contribution in [2.24, 2.45) is 0 Å². The molecule has 0 aliphatic heterocycles. The summed E-state index contributed by atoms with van der Waals surface area (Å²) in [4.78, 5) is 11.9. The molecule has 100 valence electrons. The molecule has 0 atom stereocenters. The highest BCUT2D eigenvalue weighted by Gasteiger charge is 2.28. The molecule has 0 spiro atoms. The van der Waals surface area contributed by atoms with E-state index in [4.69, 9.17) is 9.47 Å². The Bertz CT molecular complexity index is 480. The van der Waals surface area contributed by atoms with E-state index >= 15 is 0 Å². The minimum absolute atomic E-state index is 0.0571. The minimum atomic E-state index is -0.850. The van der Waals surface area contributed by atoms with E-state index in [0.717, 1.165) is 6.07 Å². The van der Waals surface area contributed by atoms with Crippen LogP contribution in [-0.2, 0) is 4.74 Å². The van der Waals surface area contributed by atoms with Crippen molar-refractivity contribution in [2.45, 2.75) is 26.4 Å². The van der Waals surface area contributed by atoms with Crippen molar-refractivity contribution >= 4 is 21.9 Å². The van der Waals surface area contributed by atoms with E-state index in [0.29, 0.717) is 0 Å². The van der Waals surface area contributed by atoms with Gasteiger partial charge in [0.1, 0.15) is 16.9 Å². The Morgan fingerprint density at radius 1 is 1.44 bits per heavy atom. The van der Waals surface area contributed by atoms with Crippen molar-refractivity contribution in [1.29, 1.82) is 0 Å². The molecule has 0 heterocycles. The number of benzene rings is 1. The van der Waals surface area contributed by atoms with Crippen LogP contribution in [0.4, 0.5) is 4.39 Å². The molecule has 1 aromatic carbocycles. The standard InChI is InChI=1S/C12H14BrFO4/c1-12(2,3)18-11(16)8-9(15)6(13)5-7(14)10(8)17-4/h5,15H,1-4H3. The van der Waals surface area contributed by atoms with Crippen LogP contribution >= 0.6 is 15.9 Å². The maximum atomic E-state index is 13.6. The fraction of sp³-hybridized carbons (Fsp3) is 0.417. The summed E-state index contributed by atoms with van der Waals surface area (Å²) >= 11 is 2.95.